The van der Waals surface area contributed by atoms with Crippen LogP contribution in [0.1, 0.15) is 32.8 Å². The summed E-state index contributed by atoms with van der Waals surface area (Å²) in [5, 5.41) is 10.3. The summed E-state index contributed by atoms with van der Waals surface area (Å²) >= 11 is 0. The molecule has 0 amide bonds. The van der Waals surface area contributed by atoms with Crippen LogP contribution in [0.4, 0.5) is 18.9 Å². The molecule has 0 saturated carbocycles. The fourth-order valence-corrected chi connectivity index (χ4v) is 2.10. The average Bonchev–Trinajstić information content (AvgIpc) is 2.16. The van der Waals surface area contributed by atoms with Crippen molar-refractivity contribution in [3.05, 3.63) is 23.8 Å². The predicted octanol–water partition coefficient (Wildman–Crippen LogP) is 3.42. The number of ether oxygens (including phenoxy) is 1. The van der Waals surface area contributed by atoms with E-state index >= 15 is 0 Å². The van der Waals surface area contributed by atoms with Gasteiger partial charge in [0.05, 0.1) is 5.60 Å². The van der Waals surface area contributed by atoms with Gasteiger partial charge in [0.2, 0.25) is 0 Å². The number of benzene rings is 1. The molecule has 0 heterocycles. The lowest BCUT2D eigenvalue weighted by Crippen LogP contribution is -2.25. The van der Waals surface area contributed by atoms with Gasteiger partial charge in [0.15, 0.2) is 0 Å². The van der Waals surface area contributed by atoms with Crippen LogP contribution in [0.15, 0.2) is 18.2 Å². The van der Waals surface area contributed by atoms with Gasteiger partial charge in [-0.1, -0.05) is 13.8 Å². The highest BCUT2D eigenvalue weighted by molar-refractivity contribution is 5.53. The van der Waals surface area contributed by atoms with Crippen molar-refractivity contribution in [2.45, 2.75) is 39.2 Å². The van der Waals surface area contributed by atoms with Crippen LogP contribution < -0.4 is 10.5 Å². The van der Waals surface area contributed by atoms with Gasteiger partial charge in [0.25, 0.3) is 0 Å². The van der Waals surface area contributed by atoms with Crippen LogP contribution in [0, 0.1) is 5.92 Å². The monoisotopic (exact) mass is 277 g/mol. The van der Waals surface area contributed by atoms with E-state index in [0.29, 0.717) is 6.42 Å². The van der Waals surface area contributed by atoms with Crippen molar-refractivity contribution in [1.82, 2.24) is 0 Å². The second kappa shape index (κ2) is 5.28. The van der Waals surface area contributed by atoms with Gasteiger partial charge in [0, 0.05) is 11.3 Å². The smallest absolute Gasteiger partial charge is 0.406 e. The summed E-state index contributed by atoms with van der Waals surface area (Å²) in [7, 11) is 0. The molecule has 0 aromatic heterocycles. The lowest BCUT2D eigenvalue weighted by Gasteiger charge is -2.27. The van der Waals surface area contributed by atoms with Crippen molar-refractivity contribution in [1.29, 1.82) is 0 Å². The number of nitrogens with two attached hydrogens (primary N) is 1. The van der Waals surface area contributed by atoms with Crippen LogP contribution in [-0.4, -0.2) is 11.5 Å². The standard InChI is InChI=1S/C13H18F3NO2/c1-8(2)7-12(3,18)10-6-9(4-5-11(10)17)19-13(14,15)16/h4-6,8,18H,7,17H2,1-3H3. The quantitative estimate of drug-likeness (QED) is 0.829. The molecule has 0 aliphatic rings. The van der Waals surface area contributed by atoms with E-state index in [4.69, 9.17) is 5.73 Å². The lowest BCUT2D eigenvalue weighted by atomic mass is 9.86. The molecule has 3 nitrogen and oxygen atoms in total. The second-order valence-electron chi connectivity index (χ2n) is 5.17. The summed E-state index contributed by atoms with van der Waals surface area (Å²) in [6, 6.07) is 3.55. The minimum absolute atomic E-state index is 0.168. The molecule has 3 N–H and O–H groups in total. The zero-order valence-electron chi connectivity index (χ0n) is 11.1. The summed E-state index contributed by atoms with van der Waals surface area (Å²) in [5.74, 6) is -0.220. The first kappa shape index (κ1) is 15.6. The van der Waals surface area contributed by atoms with Crippen LogP contribution in [0.3, 0.4) is 0 Å². The van der Waals surface area contributed by atoms with Crippen molar-refractivity contribution in [2.75, 3.05) is 5.73 Å². The average molecular weight is 277 g/mol. The molecule has 1 unspecified atom stereocenters. The normalized spacial score (nSPS) is 15.4. The maximum Gasteiger partial charge on any atom is 0.573 e. The number of alkyl halides is 3. The third kappa shape index (κ3) is 4.63. The molecule has 1 atom stereocenters. The molecule has 108 valence electrons. The molecule has 1 rings (SSSR count). The van der Waals surface area contributed by atoms with Gasteiger partial charge in [-0.25, -0.2) is 0 Å². The third-order valence-corrected chi connectivity index (χ3v) is 2.64. The number of halogens is 3. The van der Waals surface area contributed by atoms with Gasteiger partial charge in [-0.15, -0.1) is 13.2 Å². The third-order valence-electron chi connectivity index (χ3n) is 2.64. The Labute approximate surface area is 110 Å². The number of hydrogen-bond donors (Lipinski definition) is 2. The number of rotatable bonds is 4. The number of aliphatic hydroxyl groups is 1. The van der Waals surface area contributed by atoms with E-state index in [1.165, 1.54) is 13.0 Å². The first-order chi connectivity index (χ1) is 8.51. The minimum Gasteiger partial charge on any atom is -0.406 e. The first-order valence-corrected chi connectivity index (χ1v) is 5.89. The largest absolute Gasteiger partial charge is 0.573 e. The lowest BCUT2D eigenvalue weighted by molar-refractivity contribution is -0.274. The van der Waals surface area contributed by atoms with Gasteiger partial charge >= 0.3 is 6.36 Å². The van der Waals surface area contributed by atoms with E-state index in [1.54, 1.807) is 0 Å². The zero-order chi connectivity index (χ0) is 14.8. The van der Waals surface area contributed by atoms with E-state index in [0.717, 1.165) is 12.1 Å². The Kier molecular flexibility index (Phi) is 4.35. The Hall–Kier alpha value is -1.43. The zero-order valence-corrected chi connectivity index (χ0v) is 11.1. The van der Waals surface area contributed by atoms with E-state index < -0.39 is 12.0 Å². The van der Waals surface area contributed by atoms with E-state index in [9.17, 15) is 18.3 Å². The summed E-state index contributed by atoms with van der Waals surface area (Å²) in [6.07, 6.45) is -4.38. The van der Waals surface area contributed by atoms with E-state index in [-0.39, 0.29) is 22.9 Å². The minimum atomic E-state index is -4.77. The molecule has 6 heteroatoms. The van der Waals surface area contributed by atoms with Crippen molar-refractivity contribution in [2.24, 2.45) is 5.92 Å². The van der Waals surface area contributed by atoms with Crippen LogP contribution >= 0.6 is 0 Å². The first-order valence-electron chi connectivity index (χ1n) is 5.89. The highest BCUT2D eigenvalue weighted by Crippen LogP contribution is 2.35. The van der Waals surface area contributed by atoms with Crippen LogP contribution in [0.5, 0.6) is 5.75 Å². The summed E-state index contributed by atoms with van der Waals surface area (Å²) in [6.45, 7) is 5.33. The van der Waals surface area contributed by atoms with Crippen molar-refractivity contribution >= 4 is 5.69 Å². The topological polar surface area (TPSA) is 55.5 Å². The summed E-state index contributed by atoms with van der Waals surface area (Å²) < 4.78 is 40.3. The van der Waals surface area contributed by atoms with Crippen LogP contribution in [0.25, 0.3) is 0 Å². The van der Waals surface area contributed by atoms with E-state index in [2.05, 4.69) is 4.74 Å². The molecule has 1 aromatic carbocycles. The molecule has 0 radical (unpaired) electrons. The highest BCUT2D eigenvalue weighted by atomic mass is 19.4. The van der Waals surface area contributed by atoms with Crippen molar-refractivity contribution < 1.29 is 23.0 Å². The molecule has 1 aromatic rings. The predicted molar refractivity (Wildman–Crippen MR) is 66.6 cm³/mol. The molecule has 0 aliphatic carbocycles. The van der Waals surface area contributed by atoms with Crippen LogP contribution in [0.2, 0.25) is 0 Å². The molecule has 0 saturated heterocycles. The Morgan fingerprint density at radius 1 is 1.32 bits per heavy atom. The molecule has 0 aliphatic heterocycles. The molecule has 19 heavy (non-hydrogen) atoms. The maximum absolute atomic E-state index is 12.2. The molecule has 0 spiro atoms. The van der Waals surface area contributed by atoms with Gasteiger partial charge in [-0.3, -0.25) is 0 Å². The molecular weight excluding hydrogens is 259 g/mol. The maximum atomic E-state index is 12.2. The second-order valence-corrected chi connectivity index (χ2v) is 5.17. The molecular formula is C13H18F3NO2. The van der Waals surface area contributed by atoms with Crippen molar-refractivity contribution in [3.8, 4) is 5.75 Å². The highest BCUT2D eigenvalue weighted by Gasteiger charge is 2.33. The van der Waals surface area contributed by atoms with Crippen molar-refractivity contribution in [3.63, 3.8) is 0 Å². The number of hydrogen-bond acceptors (Lipinski definition) is 3. The fourth-order valence-electron chi connectivity index (χ4n) is 2.10. The summed E-state index contributed by atoms with van der Waals surface area (Å²) in [5.41, 5.74) is 4.89. The SMILES string of the molecule is CC(C)CC(C)(O)c1cc(OC(F)(F)F)ccc1N. The number of nitrogen functional groups attached to an aromatic ring is 1. The fraction of sp³-hybridized carbons (Fsp3) is 0.538. The molecule has 0 bridgehead atoms. The summed E-state index contributed by atoms with van der Waals surface area (Å²) in [4.78, 5) is 0. The van der Waals surface area contributed by atoms with Gasteiger partial charge in [-0.05, 0) is 37.5 Å². The Bertz CT molecular complexity index is 442. The van der Waals surface area contributed by atoms with Gasteiger partial charge in [-0.2, -0.15) is 0 Å². The van der Waals surface area contributed by atoms with Gasteiger partial charge < -0.3 is 15.6 Å². The Morgan fingerprint density at radius 3 is 2.37 bits per heavy atom. The Morgan fingerprint density at radius 2 is 1.89 bits per heavy atom. The number of anilines is 1. The van der Waals surface area contributed by atoms with Gasteiger partial charge in [0.1, 0.15) is 5.75 Å². The Balaban J connectivity index is 3.10. The van der Waals surface area contributed by atoms with E-state index in [1.807, 2.05) is 13.8 Å². The van der Waals surface area contributed by atoms with Crippen LogP contribution in [-0.2, 0) is 5.60 Å². The molecule has 0 fully saturated rings.